The first kappa shape index (κ1) is 11.7. The van der Waals surface area contributed by atoms with Crippen molar-refractivity contribution >= 4 is 17.2 Å². The van der Waals surface area contributed by atoms with E-state index in [9.17, 15) is 4.79 Å². The highest BCUT2D eigenvalue weighted by Gasteiger charge is 2.28. The molecule has 0 aromatic carbocycles. The molecule has 1 aliphatic carbocycles. The van der Waals surface area contributed by atoms with Crippen LogP contribution in [0.15, 0.2) is 0 Å². The van der Waals surface area contributed by atoms with Crippen molar-refractivity contribution in [3.05, 3.63) is 15.6 Å². The molecule has 0 saturated carbocycles. The van der Waals surface area contributed by atoms with Gasteiger partial charge in [-0.1, -0.05) is 0 Å². The lowest BCUT2D eigenvalue weighted by molar-refractivity contribution is -0.127. The van der Waals surface area contributed by atoms with Crippen LogP contribution in [0.4, 0.5) is 0 Å². The van der Waals surface area contributed by atoms with E-state index in [1.54, 1.807) is 0 Å². The van der Waals surface area contributed by atoms with Gasteiger partial charge in [0.25, 0.3) is 0 Å². The number of likely N-dealkylation sites (tertiary alicyclic amines) is 1. The normalized spacial score (nSPS) is 22.3. The van der Waals surface area contributed by atoms with Crippen LogP contribution in [0, 0.1) is 18.3 Å². The van der Waals surface area contributed by atoms with Crippen LogP contribution in [-0.2, 0) is 24.1 Å². The zero-order valence-corrected chi connectivity index (χ0v) is 11.1. The summed E-state index contributed by atoms with van der Waals surface area (Å²) in [7, 11) is 0. The molecule has 3 nitrogen and oxygen atoms in total. The van der Waals surface area contributed by atoms with Gasteiger partial charge >= 0.3 is 0 Å². The van der Waals surface area contributed by atoms with Crippen molar-refractivity contribution in [3.63, 3.8) is 0 Å². The van der Waals surface area contributed by atoms with Crippen LogP contribution < -0.4 is 0 Å². The molecule has 1 amide bonds. The maximum atomic E-state index is 11.7. The number of hydrogen-bond acceptors (Lipinski definition) is 3. The van der Waals surface area contributed by atoms with E-state index in [1.165, 1.54) is 28.4 Å². The molecule has 0 radical (unpaired) electrons. The molecule has 0 spiro atoms. The van der Waals surface area contributed by atoms with E-state index in [0.29, 0.717) is 6.42 Å². The average molecular weight is 260 g/mol. The summed E-state index contributed by atoms with van der Waals surface area (Å²) in [4.78, 5) is 19.7. The van der Waals surface area contributed by atoms with Gasteiger partial charge in [-0.25, -0.2) is 4.98 Å². The van der Waals surface area contributed by atoms with Gasteiger partial charge in [-0.05, 0) is 19.3 Å². The molecule has 94 valence electrons. The first-order valence-electron chi connectivity index (χ1n) is 6.47. The molecule has 1 aromatic rings. The monoisotopic (exact) mass is 260 g/mol. The van der Waals surface area contributed by atoms with Crippen molar-refractivity contribution in [2.75, 3.05) is 13.1 Å². The molecule has 1 atom stereocenters. The number of aryl methyl sites for hydroxylation is 2. The maximum Gasteiger partial charge on any atom is 0.223 e. The SMILES string of the molecule is C#CC1CC(=O)N(CCc2nc3c(s2)CCC3)C1. The predicted octanol–water partition coefficient (Wildman–Crippen LogP) is 1.66. The fraction of sp³-hybridized carbons (Fsp3) is 0.571. The second-order valence-corrected chi connectivity index (χ2v) is 6.16. The van der Waals surface area contributed by atoms with Crippen LogP contribution in [0.3, 0.4) is 0 Å². The molecule has 18 heavy (non-hydrogen) atoms. The van der Waals surface area contributed by atoms with Gasteiger partial charge < -0.3 is 4.90 Å². The average Bonchev–Trinajstić information content (AvgIpc) is 3.00. The Labute approximate surface area is 111 Å². The molecular weight excluding hydrogens is 244 g/mol. The quantitative estimate of drug-likeness (QED) is 0.774. The summed E-state index contributed by atoms with van der Waals surface area (Å²) in [5, 5.41) is 1.18. The number of carbonyl (C=O) groups excluding carboxylic acids is 1. The van der Waals surface area contributed by atoms with Crippen LogP contribution >= 0.6 is 11.3 Å². The molecule has 4 heteroatoms. The topological polar surface area (TPSA) is 33.2 Å². The van der Waals surface area contributed by atoms with Gasteiger partial charge in [0.1, 0.15) is 0 Å². The fourth-order valence-corrected chi connectivity index (χ4v) is 3.83. The number of terminal acetylenes is 1. The molecule has 1 aliphatic heterocycles. The Morgan fingerprint density at radius 3 is 3.11 bits per heavy atom. The number of rotatable bonds is 3. The minimum absolute atomic E-state index is 0.110. The zero-order valence-electron chi connectivity index (χ0n) is 10.3. The van der Waals surface area contributed by atoms with Crippen LogP contribution in [0.1, 0.15) is 28.4 Å². The number of thiazole rings is 1. The van der Waals surface area contributed by atoms with Gasteiger partial charge in [0.15, 0.2) is 0 Å². The van der Waals surface area contributed by atoms with E-state index in [2.05, 4.69) is 10.9 Å². The number of amides is 1. The molecule has 2 aliphatic rings. The lowest BCUT2D eigenvalue weighted by Crippen LogP contribution is -2.27. The highest BCUT2D eigenvalue weighted by atomic mass is 32.1. The van der Waals surface area contributed by atoms with Gasteiger partial charge in [0.05, 0.1) is 10.7 Å². The second kappa shape index (κ2) is 4.74. The first-order valence-corrected chi connectivity index (χ1v) is 7.29. The fourth-order valence-electron chi connectivity index (χ4n) is 2.68. The summed E-state index contributed by atoms with van der Waals surface area (Å²) >= 11 is 1.82. The Kier molecular flexibility index (Phi) is 3.09. The third kappa shape index (κ3) is 2.15. The van der Waals surface area contributed by atoms with E-state index in [-0.39, 0.29) is 11.8 Å². The van der Waals surface area contributed by atoms with Gasteiger partial charge in [-0.2, -0.15) is 0 Å². The van der Waals surface area contributed by atoms with Crippen LogP contribution in [0.25, 0.3) is 0 Å². The van der Waals surface area contributed by atoms with E-state index in [4.69, 9.17) is 6.42 Å². The van der Waals surface area contributed by atoms with Crippen molar-refractivity contribution in [1.82, 2.24) is 9.88 Å². The Morgan fingerprint density at radius 2 is 2.39 bits per heavy atom. The molecule has 0 bridgehead atoms. The number of fused-ring (bicyclic) bond motifs is 1. The van der Waals surface area contributed by atoms with Crippen molar-refractivity contribution < 1.29 is 4.79 Å². The molecule has 1 fully saturated rings. The zero-order chi connectivity index (χ0) is 12.5. The summed E-state index contributed by atoms with van der Waals surface area (Å²) < 4.78 is 0. The number of carbonyl (C=O) groups is 1. The standard InChI is InChI=1S/C14H16N2OS/c1-2-10-8-14(17)16(9-10)7-6-13-15-11-4-3-5-12(11)18-13/h1,10H,3-9H2. The molecule has 0 N–H and O–H groups in total. The van der Waals surface area contributed by atoms with Crippen LogP contribution in [0.5, 0.6) is 0 Å². The third-order valence-electron chi connectivity index (χ3n) is 3.69. The highest BCUT2D eigenvalue weighted by Crippen LogP contribution is 2.28. The Bertz CT molecular complexity index is 493. The molecule has 2 heterocycles. The predicted molar refractivity (Wildman–Crippen MR) is 71.4 cm³/mol. The lowest BCUT2D eigenvalue weighted by Gasteiger charge is -2.14. The van der Waals surface area contributed by atoms with Crippen LogP contribution in [0.2, 0.25) is 0 Å². The molecule has 1 saturated heterocycles. The Morgan fingerprint density at radius 1 is 1.50 bits per heavy atom. The summed E-state index contributed by atoms with van der Waals surface area (Å²) in [5.41, 5.74) is 1.30. The Hall–Kier alpha value is -1.34. The van der Waals surface area contributed by atoms with Crippen molar-refractivity contribution in [1.29, 1.82) is 0 Å². The smallest absolute Gasteiger partial charge is 0.223 e. The molecule has 3 rings (SSSR count). The van der Waals surface area contributed by atoms with E-state index >= 15 is 0 Å². The van der Waals surface area contributed by atoms with Crippen molar-refractivity contribution in [2.24, 2.45) is 5.92 Å². The summed E-state index contributed by atoms with van der Waals surface area (Å²) in [6.45, 7) is 1.49. The largest absolute Gasteiger partial charge is 0.341 e. The van der Waals surface area contributed by atoms with Gasteiger partial charge in [0, 0.05) is 36.7 Å². The van der Waals surface area contributed by atoms with Crippen molar-refractivity contribution in [3.8, 4) is 12.3 Å². The molecular formula is C14H16N2OS. The molecule has 1 aromatic heterocycles. The van der Waals surface area contributed by atoms with Gasteiger partial charge in [0.2, 0.25) is 5.91 Å². The number of aromatic nitrogens is 1. The number of hydrogen-bond donors (Lipinski definition) is 0. The minimum Gasteiger partial charge on any atom is -0.341 e. The summed E-state index contributed by atoms with van der Waals surface area (Å²) in [5.74, 6) is 2.98. The lowest BCUT2D eigenvalue weighted by atomic mass is 10.1. The van der Waals surface area contributed by atoms with E-state index in [0.717, 1.165) is 25.9 Å². The summed E-state index contributed by atoms with van der Waals surface area (Å²) in [6.07, 6.45) is 10.3. The van der Waals surface area contributed by atoms with E-state index in [1.807, 2.05) is 16.2 Å². The van der Waals surface area contributed by atoms with Crippen molar-refractivity contribution in [2.45, 2.75) is 32.1 Å². The maximum absolute atomic E-state index is 11.7. The minimum atomic E-state index is 0.110. The third-order valence-corrected chi connectivity index (χ3v) is 4.90. The van der Waals surface area contributed by atoms with Gasteiger partial charge in [-0.3, -0.25) is 4.79 Å². The Balaban J connectivity index is 1.58. The number of nitrogens with zero attached hydrogens (tertiary/aromatic N) is 2. The van der Waals surface area contributed by atoms with Crippen LogP contribution in [-0.4, -0.2) is 28.9 Å². The highest BCUT2D eigenvalue weighted by molar-refractivity contribution is 7.11. The first-order chi connectivity index (χ1) is 8.76. The van der Waals surface area contributed by atoms with Gasteiger partial charge in [-0.15, -0.1) is 23.7 Å². The second-order valence-electron chi connectivity index (χ2n) is 4.99. The van der Waals surface area contributed by atoms with E-state index < -0.39 is 0 Å². The molecule has 1 unspecified atom stereocenters. The summed E-state index contributed by atoms with van der Waals surface area (Å²) in [6, 6.07) is 0.